The van der Waals surface area contributed by atoms with Crippen molar-refractivity contribution < 1.29 is 18.9 Å². The van der Waals surface area contributed by atoms with Crippen LogP contribution in [0.1, 0.15) is 69.4 Å². The van der Waals surface area contributed by atoms with E-state index in [1.165, 1.54) is 23.5 Å². The number of carbonyl (C=O) groups is 1. The van der Waals surface area contributed by atoms with Gasteiger partial charge in [-0.25, -0.2) is 9.79 Å². The van der Waals surface area contributed by atoms with E-state index in [0.29, 0.717) is 38.7 Å². The van der Waals surface area contributed by atoms with Crippen LogP contribution in [0, 0.1) is 10.1 Å². The molecule has 9 nitrogen and oxygen atoms in total. The molecule has 0 N–H and O–H groups in total. The summed E-state index contributed by atoms with van der Waals surface area (Å²) in [5.41, 5.74) is 2.61. The molecule has 1 aliphatic rings. The molecule has 0 aliphatic carbocycles. The fourth-order valence-corrected chi connectivity index (χ4v) is 6.23. The Morgan fingerprint density at radius 1 is 1.19 bits per heavy atom. The smallest absolute Gasteiger partial charge is 0.338 e. The predicted octanol–water partition coefficient (Wildman–Crippen LogP) is 6.52. The molecule has 0 spiro atoms. The van der Waals surface area contributed by atoms with Gasteiger partial charge in [-0.15, -0.1) is 0 Å². The number of nitrogens with zero attached hydrogens (tertiary/aromatic N) is 3. The van der Waals surface area contributed by atoms with Gasteiger partial charge in [0.15, 0.2) is 4.80 Å². The summed E-state index contributed by atoms with van der Waals surface area (Å²) >= 11 is 7.16. The second-order valence-corrected chi connectivity index (χ2v) is 11.8. The minimum atomic E-state index is -0.718. The molecule has 2 aromatic heterocycles. The Morgan fingerprint density at radius 3 is 2.58 bits per heavy atom. The number of thiazole rings is 1. The largest absolute Gasteiger partial charge is 0.463 e. The van der Waals surface area contributed by atoms with Gasteiger partial charge in [0.2, 0.25) is 0 Å². The van der Waals surface area contributed by atoms with Crippen molar-refractivity contribution in [1.29, 1.82) is 0 Å². The number of carbonyl (C=O) groups excluding carboxylic acids is 1. The number of halogens is 1. The van der Waals surface area contributed by atoms with Crippen LogP contribution in [0.2, 0.25) is 5.02 Å². The number of rotatable bonds is 9. The first-order chi connectivity index (χ1) is 20.6. The quantitative estimate of drug-likeness (QED) is 0.120. The molecule has 1 aliphatic heterocycles. The second kappa shape index (κ2) is 12.5. The van der Waals surface area contributed by atoms with Crippen molar-refractivity contribution in [3.8, 4) is 11.3 Å². The highest BCUT2D eigenvalue weighted by molar-refractivity contribution is 7.07. The third-order valence-corrected chi connectivity index (χ3v) is 8.35. The molecule has 0 saturated carbocycles. The number of nitro benzene ring substituents is 1. The van der Waals surface area contributed by atoms with Crippen LogP contribution in [0.4, 0.5) is 5.69 Å². The molecule has 0 bridgehead atoms. The first kappa shape index (κ1) is 30.2. The lowest BCUT2D eigenvalue weighted by Gasteiger charge is -2.26. The number of ether oxygens (including phenoxy) is 1. The van der Waals surface area contributed by atoms with Crippen molar-refractivity contribution in [2.75, 3.05) is 6.61 Å². The Kier molecular flexibility index (Phi) is 8.79. The zero-order valence-electron chi connectivity index (χ0n) is 24.1. The Labute approximate surface area is 256 Å². The molecule has 0 unspecified atom stereocenters. The highest BCUT2D eigenvalue weighted by atomic mass is 35.5. The topological polar surface area (TPSA) is 117 Å². The number of esters is 1. The number of aromatic nitrogens is 1. The van der Waals surface area contributed by atoms with E-state index in [-0.39, 0.29) is 34.2 Å². The summed E-state index contributed by atoms with van der Waals surface area (Å²) in [4.78, 5) is 43.7. The van der Waals surface area contributed by atoms with E-state index in [1.54, 1.807) is 35.8 Å². The first-order valence-electron chi connectivity index (χ1n) is 14.0. The molecule has 0 saturated heterocycles. The highest BCUT2D eigenvalue weighted by Gasteiger charge is 2.34. The standard InChI is InChI=1S/C32H30ClN3O6S/c1-5-7-24-28(31(38)41-6-2)29(20-10-8-19(9-11-20)18(3)4)35-30(37)27(43-32(35)34-24)17-22-13-15-26(42-22)23-14-12-21(33)16-25(23)36(39)40/h8-18,29H,5-7H2,1-4H3/b27-17-/t29-/m1/s1. The van der Waals surface area contributed by atoms with Gasteiger partial charge >= 0.3 is 5.97 Å². The van der Waals surface area contributed by atoms with Crippen LogP contribution in [0.15, 0.2) is 80.1 Å². The van der Waals surface area contributed by atoms with Crippen LogP contribution in [0.25, 0.3) is 17.4 Å². The van der Waals surface area contributed by atoms with E-state index in [1.807, 2.05) is 31.2 Å². The number of hydrogen-bond donors (Lipinski definition) is 0. The Bertz CT molecular complexity index is 1920. The Morgan fingerprint density at radius 2 is 1.93 bits per heavy atom. The lowest BCUT2D eigenvalue weighted by atomic mass is 9.92. The monoisotopic (exact) mass is 619 g/mol. The first-order valence-corrected chi connectivity index (χ1v) is 15.2. The summed E-state index contributed by atoms with van der Waals surface area (Å²) in [6.07, 6.45) is 2.88. The molecule has 2 aromatic carbocycles. The molecule has 0 radical (unpaired) electrons. The van der Waals surface area contributed by atoms with Crippen LogP contribution in [-0.4, -0.2) is 22.1 Å². The van der Waals surface area contributed by atoms with Crippen LogP contribution in [0.3, 0.4) is 0 Å². The summed E-state index contributed by atoms with van der Waals surface area (Å²) in [5.74, 6) is 0.419. The number of fused-ring (bicyclic) bond motifs is 1. The SMILES string of the molecule is CCCC1=C(C(=O)OCC)[C@@H](c2ccc(C(C)C)cc2)n2c(s/c(=C\c3ccc(-c4ccc(Cl)cc4[N+](=O)[O-])o3)c2=O)=N1. The van der Waals surface area contributed by atoms with Gasteiger partial charge in [-0.2, -0.15) is 0 Å². The summed E-state index contributed by atoms with van der Waals surface area (Å²) < 4.78 is 13.3. The Balaban J connectivity index is 1.66. The highest BCUT2D eigenvalue weighted by Crippen LogP contribution is 2.35. The molecule has 1 atom stereocenters. The van der Waals surface area contributed by atoms with Gasteiger partial charge in [0.05, 0.1) is 38.9 Å². The van der Waals surface area contributed by atoms with Crippen molar-refractivity contribution in [2.24, 2.45) is 4.99 Å². The van der Waals surface area contributed by atoms with Crippen molar-refractivity contribution in [1.82, 2.24) is 4.57 Å². The average Bonchev–Trinajstić information content (AvgIpc) is 3.56. The number of nitro groups is 1. The minimum Gasteiger partial charge on any atom is -0.463 e. The summed E-state index contributed by atoms with van der Waals surface area (Å²) in [5, 5.41) is 11.8. The zero-order chi connectivity index (χ0) is 30.8. The maximum Gasteiger partial charge on any atom is 0.338 e. The number of hydrogen-bond acceptors (Lipinski definition) is 8. The number of benzene rings is 2. The van der Waals surface area contributed by atoms with Gasteiger partial charge in [-0.05, 0) is 54.7 Å². The second-order valence-electron chi connectivity index (χ2n) is 10.4. The fraction of sp³-hybridized carbons (Fsp3) is 0.281. The van der Waals surface area contributed by atoms with Crippen molar-refractivity contribution in [3.05, 3.63) is 118 Å². The van der Waals surface area contributed by atoms with Gasteiger partial charge in [0.1, 0.15) is 11.5 Å². The number of furan rings is 1. The molecule has 0 fully saturated rings. The molecule has 4 aromatic rings. The average molecular weight is 620 g/mol. The molecule has 43 heavy (non-hydrogen) atoms. The third-order valence-electron chi connectivity index (χ3n) is 7.13. The van der Waals surface area contributed by atoms with E-state index in [9.17, 15) is 19.7 Å². The molecule has 3 heterocycles. The van der Waals surface area contributed by atoms with E-state index in [4.69, 9.17) is 25.7 Å². The lowest BCUT2D eigenvalue weighted by molar-refractivity contribution is -0.384. The summed E-state index contributed by atoms with van der Waals surface area (Å²) in [6, 6.07) is 14.8. The minimum absolute atomic E-state index is 0.189. The third kappa shape index (κ3) is 5.98. The van der Waals surface area contributed by atoms with Crippen LogP contribution in [-0.2, 0) is 9.53 Å². The van der Waals surface area contributed by atoms with Gasteiger partial charge in [-0.1, -0.05) is 74.4 Å². The maximum atomic E-state index is 14.0. The maximum absolute atomic E-state index is 14.0. The molecule has 0 amide bonds. The predicted molar refractivity (Wildman–Crippen MR) is 166 cm³/mol. The molecular formula is C32H30ClN3O6S. The van der Waals surface area contributed by atoms with Crippen LogP contribution in [0.5, 0.6) is 0 Å². The number of allylic oxidation sites excluding steroid dienone is 1. The van der Waals surface area contributed by atoms with Gasteiger partial charge in [0.25, 0.3) is 11.2 Å². The van der Waals surface area contributed by atoms with E-state index >= 15 is 0 Å². The summed E-state index contributed by atoms with van der Waals surface area (Å²) in [7, 11) is 0. The molecule has 222 valence electrons. The van der Waals surface area contributed by atoms with Gasteiger partial charge in [-0.3, -0.25) is 19.5 Å². The molecule has 11 heteroatoms. The fourth-order valence-electron chi connectivity index (χ4n) is 5.07. The van der Waals surface area contributed by atoms with Crippen molar-refractivity contribution in [2.45, 2.75) is 52.5 Å². The van der Waals surface area contributed by atoms with Crippen LogP contribution >= 0.6 is 22.9 Å². The zero-order valence-corrected chi connectivity index (χ0v) is 25.7. The van der Waals surface area contributed by atoms with Crippen molar-refractivity contribution in [3.63, 3.8) is 0 Å². The molecular weight excluding hydrogens is 590 g/mol. The molecule has 5 rings (SSSR count). The van der Waals surface area contributed by atoms with E-state index in [0.717, 1.165) is 17.5 Å². The van der Waals surface area contributed by atoms with Crippen LogP contribution < -0.4 is 14.9 Å². The lowest BCUT2D eigenvalue weighted by Crippen LogP contribution is -2.40. The van der Waals surface area contributed by atoms with E-state index < -0.39 is 16.9 Å². The van der Waals surface area contributed by atoms with Crippen molar-refractivity contribution >= 4 is 40.7 Å². The van der Waals surface area contributed by atoms with Gasteiger partial charge < -0.3 is 9.15 Å². The van der Waals surface area contributed by atoms with E-state index in [2.05, 4.69) is 13.8 Å². The van der Waals surface area contributed by atoms with Gasteiger partial charge in [0, 0.05) is 17.2 Å². The Hall–Kier alpha value is -4.28. The summed E-state index contributed by atoms with van der Waals surface area (Å²) in [6.45, 7) is 8.15. The normalized spacial score (nSPS) is 15.0.